The van der Waals surface area contributed by atoms with Crippen molar-refractivity contribution in [3.63, 3.8) is 0 Å². The second kappa shape index (κ2) is 8.52. The first-order valence-electron chi connectivity index (χ1n) is 11.4. The molecule has 1 saturated carbocycles. The quantitative estimate of drug-likeness (QED) is 0.780. The monoisotopic (exact) mass is 408 g/mol. The third kappa shape index (κ3) is 3.79. The van der Waals surface area contributed by atoms with Gasteiger partial charge in [-0.05, 0) is 36.0 Å². The number of carbonyl (C=O) groups excluding carboxylic acids is 1. The number of fused-ring (bicyclic) bond motifs is 1. The van der Waals surface area contributed by atoms with E-state index < -0.39 is 0 Å². The third-order valence-electron chi connectivity index (χ3n) is 7.31. The maximum absolute atomic E-state index is 13.3. The molecule has 1 amide bonds. The van der Waals surface area contributed by atoms with Gasteiger partial charge in [-0.3, -0.25) is 14.4 Å². The molecule has 1 aromatic heterocycles. The Bertz CT molecular complexity index is 872. The molecule has 3 atom stereocenters. The van der Waals surface area contributed by atoms with Gasteiger partial charge in [0.25, 0.3) is 5.91 Å². The van der Waals surface area contributed by atoms with Crippen molar-refractivity contribution in [1.82, 2.24) is 19.6 Å². The highest BCUT2D eigenvalue weighted by Crippen LogP contribution is 2.45. The Hall–Kier alpha value is -2.18. The van der Waals surface area contributed by atoms with E-state index in [0.717, 1.165) is 45.8 Å². The summed E-state index contributed by atoms with van der Waals surface area (Å²) in [6.45, 7) is 5.51. The van der Waals surface area contributed by atoms with Crippen molar-refractivity contribution >= 4 is 5.91 Å². The van der Waals surface area contributed by atoms with Gasteiger partial charge in [0.2, 0.25) is 0 Å². The Balaban J connectivity index is 1.33. The summed E-state index contributed by atoms with van der Waals surface area (Å²) < 4.78 is 7.16. The third-order valence-corrected chi connectivity index (χ3v) is 7.31. The molecule has 160 valence electrons. The molecule has 5 rings (SSSR count). The van der Waals surface area contributed by atoms with Crippen LogP contribution in [-0.4, -0.2) is 64.4 Å². The van der Waals surface area contributed by atoms with Gasteiger partial charge in [0.1, 0.15) is 5.69 Å². The minimum Gasteiger partial charge on any atom is -0.379 e. The number of ether oxygens (including phenoxy) is 1. The van der Waals surface area contributed by atoms with Gasteiger partial charge in [0.05, 0.1) is 13.2 Å². The number of aryl methyl sites for hydroxylation is 1. The van der Waals surface area contributed by atoms with Crippen LogP contribution in [0, 0.1) is 5.92 Å². The lowest BCUT2D eigenvalue weighted by Crippen LogP contribution is -2.40. The summed E-state index contributed by atoms with van der Waals surface area (Å²) in [4.78, 5) is 17.9. The van der Waals surface area contributed by atoms with Gasteiger partial charge in [-0.1, -0.05) is 37.1 Å². The Morgan fingerprint density at radius 3 is 2.60 bits per heavy atom. The molecule has 2 aromatic rings. The van der Waals surface area contributed by atoms with E-state index in [0.29, 0.717) is 23.6 Å². The van der Waals surface area contributed by atoms with Crippen LogP contribution in [0.25, 0.3) is 0 Å². The smallest absolute Gasteiger partial charge is 0.272 e. The molecule has 0 N–H and O–H groups in total. The van der Waals surface area contributed by atoms with E-state index >= 15 is 0 Å². The van der Waals surface area contributed by atoms with E-state index in [1.807, 2.05) is 13.1 Å². The van der Waals surface area contributed by atoms with Crippen LogP contribution in [-0.2, 0) is 18.3 Å². The first kappa shape index (κ1) is 19.8. The molecule has 0 unspecified atom stereocenters. The molecule has 1 aliphatic carbocycles. The number of amides is 1. The van der Waals surface area contributed by atoms with Gasteiger partial charge in [-0.15, -0.1) is 0 Å². The van der Waals surface area contributed by atoms with E-state index in [1.54, 1.807) is 10.9 Å². The average molecular weight is 409 g/mol. The number of aromatic nitrogens is 2. The zero-order chi connectivity index (χ0) is 20.5. The molecular weight excluding hydrogens is 376 g/mol. The van der Waals surface area contributed by atoms with E-state index in [4.69, 9.17) is 4.74 Å². The van der Waals surface area contributed by atoms with Gasteiger partial charge in [0, 0.05) is 51.4 Å². The maximum Gasteiger partial charge on any atom is 0.272 e. The fraction of sp³-hybridized carbons (Fsp3) is 0.583. The summed E-state index contributed by atoms with van der Waals surface area (Å²) in [5, 5.41) is 4.21. The van der Waals surface area contributed by atoms with Crippen LogP contribution in [0.3, 0.4) is 0 Å². The average Bonchev–Trinajstić information content (AvgIpc) is 3.38. The standard InChI is InChI=1S/C24H32N4O2/c1-26-23(10-11-25-26)24(29)28-17-21(20-4-2-3-5-22(20)28)19-8-6-18(7-9-19)16-27-12-14-30-15-13-27/h6-11,20-22H,2-5,12-17H2,1H3/t20-,21-,22-/m1/s1. The van der Waals surface area contributed by atoms with Crippen LogP contribution in [0.5, 0.6) is 0 Å². The Labute approximate surface area is 178 Å². The second-order valence-corrected chi connectivity index (χ2v) is 9.05. The molecule has 30 heavy (non-hydrogen) atoms. The molecule has 3 fully saturated rings. The first-order valence-corrected chi connectivity index (χ1v) is 11.4. The number of likely N-dealkylation sites (tertiary alicyclic amines) is 1. The van der Waals surface area contributed by atoms with Gasteiger partial charge >= 0.3 is 0 Å². The fourth-order valence-corrected chi connectivity index (χ4v) is 5.68. The van der Waals surface area contributed by atoms with Gasteiger partial charge in [-0.25, -0.2) is 0 Å². The van der Waals surface area contributed by atoms with Crippen molar-refractivity contribution in [2.45, 2.75) is 44.2 Å². The topological polar surface area (TPSA) is 50.6 Å². The van der Waals surface area contributed by atoms with Crippen molar-refractivity contribution in [3.05, 3.63) is 53.3 Å². The largest absolute Gasteiger partial charge is 0.379 e. The molecule has 3 heterocycles. The lowest BCUT2D eigenvalue weighted by molar-refractivity contribution is 0.0342. The Morgan fingerprint density at radius 2 is 1.87 bits per heavy atom. The SMILES string of the molecule is Cn1nccc1C(=O)N1C[C@H](c2ccc(CN3CCOCC3)cc2)[C@H]2CCCC[C@H]21. The van der Waals surface area contributed by atoms with Crippen LogP contribution >= 0.6 is 0 Å². The normalized spacial score (nSPS) is 27.2. The summed E-state index contributed by atoms with van der Waals surface area (Å²) >= 11 is 0. The van der Waals surface area contributed by atoms with Crippen LogP contribution in [0.1, 0.15) is 53.2 Å². The van der Waals surface area contributed by atoms with Crippen LogP contribution in [0.15, 0.2) is 36.5 Å². The molecule has 3 aliphatic rings. The zero-order valence-corrected chi connectivity index (χ0v) is 17.9. The number of rotatable bonds is 4. The maximum atomic E-state index is 13.3. The predicted molar refractivity (Wildman–Crippen MR) is 115 cm³/mol. The van der Waals surface area contributed by atoms with Crippen molar-refractivity contribution in [3.8, 4) is 0 Å². The highest BCUT2D eigenvalue weighted by molar-refractivity contribution is 5.93. The van der Waals surface area contributed by atoms with Gasteiger partial charge in [0.15, 0.2) is 0 Å². The number of carbonyl (C=O) groups is 1. The van der Waals surface area contributed by atoms with Gasteiger partial charge in [-0.2, -0.15) is 5.10 Å². The molecule has 6 heteroatoms. The van der Waals surface area contributed by atoms with Crippen LogP contribution < -0.4 is 0 Å². The van der Waals surface area contributed by atoms with Crippen molar-refractivity contribution < 1.29 is 9.53 Å². The van der Waals surface area contributed by atoms with E-state index in [9.17, 15) is 4.79 Å². The number of hydrogen-bond acceptors (Lipinski definition) is 4. The number of hydrogen-bond donors (Lipinski definition) is 0. The molecule has 2 saturated heterocycles. The first-order chi connectivity index (χ1) is 14.7. The molecule has 6 nitrogen and oxygen atoms in total. The van der Waals surface area contributed by atoms with E-state index in [-0.39, 0.29) is 5.91 Å². The molecule has 0 bridgehead atoms. The van der Waals surface area contributed by atoms with Crippen LogP contribution in [0.2, 0.25) is 0 Å². The number of benzene rings is 1. The number of morpholine rings is 1. The van der Waals surface area contributed by atoms with E-state index in [1.165, 1.54) is 30.4 Å². The minimum atomic E-state index is 0.137. The Morgan fingerprint density at radius 1 is 1.10 bits per heavy atom. The second-order valence-electron chi connectivity index (χ2n) is 9.05. The van der Waals surface area contributed by atoms with Crippen molar-refractivity contribution in [2.75, 3.05) is 32.8 Å². The Kier molecular flexibility index (Phi) is 5.61. The molecule has 0 spiro atoms. The van der Waals surface area contributed by atoms with Gasteiger partial charge < -0.3 is 9.64 Å². The van der Waals surface area contributed by atoms with Crippen molar-refractivity contribution in [1.29, 1.82) is 0 Å². The summed E-state index contributed by atoms with van der Waals surface area (Å²) in [5.41, 5.74) is 3.44. The summed E-state index contributed by atoms with van der Waals surface area (Å²) in [7, 11) is 1.85. The minimum absolute atomic E-state index is 0.137. The lowest BCUT2D eigenvalue weighted by atomic mass is 9.77. The summed E-state index contributed by atoms with van der Waals surface area (Å²) in [6.07, 6.45) is 6.56. The highest BCUT2D eigenvalue weighted by atomic mass is 16.5. The molecule has 1 aromatic carbocycles. The summed E-state index contributed by atoms with van der Waals surface area (Å²) in [6, 6.07) is 11.4. The zero-order valence-electron chi connectivity index (χ0n) is 17.9. The molecule has 0 radical (unpaired) electrons. The lowest BCUT2D eigenvalue weighted by Gasteiger charge is -2.32. The van der Waals surface area contributed by atoms with E-state index in [2.05, 4.69) is 39.2 Å². The predicted octanol–water partition coefficient (Wildman–Crippen LogP) is 3.05. The molecular formula is C24H32N4O2. The van der Waals surface area contributed by atoms with Crippen molar-refractivity contribution in [2.24, 2.45) is 13.0 Å². The molecule has 2 aliphatic heterocycles. The highest BCUT2D eigenvalue weighted by Gasteiger charge is 2.45. The summed E-state index contributed by atoms with van der Waals surface area (Å²) in [5.74, 6) is 1.14. The van der Waals surface area contributed by atoms with Crippen LogP contribution in [0.4, 0.5) is 0 Å². The fourth-order valence-electron chi connectivity index (χ4n) is 5.68. The number of nitrogens with zero attached hydrogens (tertiary/aromatic N) is 4.